The van der Waals surface area contributed by atoms with Gasteiger partial charge >= 0.3 is 6.18 Å². The second kappa shape index (κ2) is 6.86. The minimum atomic E-state index is -4.52. The van der Waals surface area contributed by atoms with Crippen molar-refractivity contribution in [3.05, 3.63) is 71.9 Å². The Bertz CT molecular complexity index is 1210. The van der Waals surface area contributed by atoms with E-state index in [4.69, 9.17) is 4.74 Å². The number of aromatic nitrogens is 3. The van der Waals surface area contributed by atoms with E-state index in [-0.39, 0.29) is 22.6 Å². The fraction of sp³-hybridized carbons (Fsp3) is 0.217. The van der Waals surface area contributed by atoms with Crippen LogP contribution in [0.2, 0.25) is 0 Å². The Morgan fingerprint density at radius 1 is 1.00 bits per heavy atom. The zero-order chi connectivity index (χ0) is 20.9. The average Bonchev–Trinajstić information content (AvgIpc) is 3.53. The highest BCUT2D eigenvalue weighted by Gasteiger charge is 2.39. The van der Waals surface area contributed by atoms with Crippen LogP contribution in [0.3, 0.4) is 0 Å². The van der Waals surface area contributed by atoms with E-state index in [1.807, 2.05) is 30.3 Å². The van der Waals surface area contributed by atoms with E-state index in [9.17, 15) is 13.2 Å². The first kappa shape index (κ1) is 18.7. The molecule has 1 aliphatic carbocycles. The Balaban J connectivity index is 1.81. The largest absolute Gasteiger partial charge is 0.497 e. The molecule has 152 valence electrons. The fourth-order valence-corrected chi connectivity index (χ4v) is 3.67. The molecule has 0 saturated heterocycles. The predicted octanol–water partition coefficient (Wildman–Crippen LogP) is 5.99. The van der Waals surface area contributed by atoms with Gasteiger partial charge in [-0.25, -0.2) is 9.67 Å². The van der Waals surface area contributed by atoms with Crippen LogP contribution in [0.15, 0.2) is 60.7 Å². The van der Waals surface area contributed by atoms with Crippen molar-refractivity contribution in [2.45, 2.75) is 24.9 Å². The number of benzene rings is 2. The molecule has 7 heteroatoms. The Hall–Kier alpha value is -3.35. The van der Waals surface area contributed by atoms with Crippen molar-refractivity contribution in [3.8, 4) is 22.7 Å². The first-order valence-electron chi connectivity index (χ1n) is 9.66. The van der Waals surface area contributed by atoms with Gasteiger partial charge in [-0.1, -0.05) is 18.2 Å². The van der Waals surface area contributed by atoms with Crippen LogP contribution >= 0.6 is 0 Å². The van der Waals surface area contributed by atoms with Crippen molar-refractivity contribution in [2.75, 3.05) is 7.11 Å². The van der Waals surface area contributed by atoms with Crippen LogP contribution in [0.5, 0.6) is 5.75 Å². The van der Waals surface area contributed by atoms with Crippen LogP contribution in [0.25, 0.3) is 28.0 Å². The first-order valence-corrected chi connectivity index (χ1v) is 9.66. The second-order valence-corrected chi connectivity index (χ2v) is 7.39. The molecule has 0 aliphatic heterocycles. The molecule has 1 saturated carbocycles. The molecule has 0 atom stereocenters. The van der Waals surface area contributed by atoms with Crippen LogP contribution in [-0.4, -0.2) is 21.9 Å². The lowest BCUT2D eigenvalue weighted by Crippen LogP contribution is -2.08. The maximum Gasteiger partial charge on any atom is 0.417 e. The van der Waals surface area contributed by atoms with E-state index in [2.05, 4.69) is 10.1 Å². The summed E-state index contributed by atoms with van der Waals surface area (Å²) in [4.78, 5) is 4.64. The lowest BCUT2D eigenvalue weighted by atomic mass is 10.0. The summed E-state index contributed by atoms with van der Waals surface area (Å²) < 4.78 is 49.1. The average molecular weight is 409 g/mol. The first-order chi connectivity index (χ1) is 14.5. The van der Waals surface area contributed by atoms with Gasteiger partial charge < -0.3 is 4.74 Å². The number of fused-ring (bicyclic) bond motifs is 1. The maximum atomic E-state index is 14.1. The molecule has 4 aromatic rings. The number of hydrogen-bond donors (Lipinski definition) is 0. The van der Waals surface area contributed by atoms with Crippen molar-refractivity contribution in [1.82, 2.24) is 14.8 Å². The second-order valence-electron chi connectivity index (χ2n) is 7.39. The smallest absolute Gasteiger partial charge is 0.417 e. The van der Waals surface area contributed by atoms with Crippen molar-refractivity contribution in [1.29, 1.82) is 0 Å². The third-order valence-electron chi connectivity index (χ3n) is 5.32. The van der Waals surface area contributed by atoms with Crippen LogP contribution in [0.1, 0.15) is 30.0 Å². The van der Waals surface area contributed by atoms with Crippen LogP contribution in [0, 0.1) is 0 Å². The molecule has 5 rings (SSSR count). The highest BCUT2D eigenvalue weighted by Crippen LogP contribution is 2.47. The lowest BCUT2D eigenvalue weighted by molar-refractivity contribution is -0.136. The number of alkyl halides is 3. The number of ether oxygens (including phenoxy) is 1. The Morgan fingerprint density at radius 3 is 2.30 bits per heavy atom. The molecule has 1 fully saturated rings. The molecular weight excluding hydrogens is 391 g/mol. The molecule has 2 aromatic carbocycles. The number of pyridine rings is 1. The third kappa shape index (κ3) is 3.20. The summed E-state index contributed by atoms with van der Waals surface area (Å²) in [6, 6.07) is 17.1. The van der Waals surface area contributed by atoms with Gasteiger partial charge in [-0.3, -0.25) is 0 Å². The van der Waals surface area contributed by atoms with E-state index in [1.54, 1.807) is 31.4 Å². The summed E-state index contributed by atoms with van der Waals surface area (Å²) >= 11 is 0. The minimum absolute atomic E-state index is 0.0483. The molecule has 0 unspecified atom stereocenters. The summed E-state index contributed by atoms with van der Waals surface area (Å²) in [5, 5.41) is 4.69. The van der Waals surface area contributed by atoms with Gasteiger partial charge in [0.25, 0.3) is 0 Å². The van der Waals surface area contributed by atoms with E-state index in [0.717, 1.165) is 18.9 Å². The summed E-state index contributed by atoms with van der Waals surface area (Å²) in [5.41, 5.74) is 1.52. The zero-order valence-corrected chi connectivity index (χ0v) is 16.1. The molecule has 0 spiro atoms. The van der Waals surface area contributed by atoms with Crippen molar-refractivity contribution >= 4 is 11.0 Å². The Labute approximate surface area is 170 Å². The summed E-state index contributed by atoms with van der Waals surface area (Å²) in [6.45, 7) is 0. The number of rotatable bonds is 4. The molecule has 0 radical (unpaired) electrons. The van der Waals surface area contributed by atoms with Gasteiger partial charge in [0.05, 0.1) is 35.1 Å². The van der Waals surface area contributed by atoms with Gasteiger partial charge in [0.2, 0.25) is 0 Å². The van der Waals surface area contributed by atoms with Crippen molar-refractivity contribution in [3.63, 3.8) is 0 Å². The van der Waals surface area contributed by atoms with E-state index in [0.29, 0.717) is 22.7 Å². The van der Waals surface area contributed by atoms with Gasteiger partial charge in [-0.15, -0.1) is 0 Å². The lowest BCUT2D eigenvalue weighted by Gasteiger charge is -2.12. The molecule has 0 amide bonds. The summed E-state index contributed by atoms with van der Waals surface area (Å²) in [6.07, 6.45) is -2.83. The van der Waals surface area contributed by atoms with Gasteiger partial charge in [-0.05, 0) is 55.3 Å². The third-order valence-corrected chi connectivity index (χ3v) is 5.32. The van der Waals surface area contributed by atoms with Crippen molar-refractivity contribution < 1.29 is 17.9 Å². The number of para-hydroxylation sites is 1. The number of halogens is 3. The molecule has 1 aliphatic rings. The molecule has 2 heterocycles. The normalized spacial score (nSPS) is 14.3. The van der Waals surface area contributed by atoms with Crippen LogP contribution in [-0.2, 0) is 6.18 Å². The molecule has 2 aromatic heterocycles. The zero-order valence-electron chi connectivity index (χ0n) is 16.1. The van der Waals surface area contributed by atoms with Crippen LogP contribution < -0.4 is 4.74 Å². The van der Waals surface area contributed by atoms with Crippen molar-refractivity contribution in [2.24, 2.45) is 0 Å². The number of nitrogens with zero attached hydrogens (tertiary/aromatic N) is 3. The van der Waals surface area contributed by atoms with E-state index in [1.165, 1.54) is 4.68 Å². The molecule has 4 nitrogen and oxygen atoms in total. The summed E-state index contributed by atoms with van der Waals surface area (Å²) in [5.74, 6) is 0.674. The highest BCUT2D eigenvalue weighted by molar-refractivity contribution is 5.88. The minimum Gasteiger partial charge on any atom is -0.497 e. The van der Waals surface area contributed by atoms with E-state index >= 15 is 0 Å². The van der Waals surface area contributed by atoms with Gasteiger partial charge in [-0.2, -0.15) is 18.3 Å². The Kier molecular flexibility index (Phi) is 4.27. The van der Waals surface area contributed by atoms with Crippen LogP contribution in [0.4, 0.5) is 13.2 Å². The standard InChI is InChI=1S/C23H18F3N3O/c1-30-17-11-9-14(10-12-17)19-13-18(23(24,25)26)20-21(15-7-8-15)28-29(22(20)27-19)16-5-3-2-4-6-16/h2-6,9-13,15H,7-8H2,1H3. The fourth-order valence-electron chi connectivity index (χ4n) is 3.67. The summed E-state index contributed by atoms with van der Waals surface area (Å²) in [7, 11) is 1.54. The topological polar surface area (TPSA) is 39.9 Å². The highest BCUT2D eigenvalue weighted by atomic mass is 19.4. The quantitative estimate of drug-likeness (QED) is 0.416. The molecule has 0 bridgehead atoms. The SMILES string of the molecule is COc1ccc(-c2cc(C(F)(F)F)c3c(C4CC4)nn(-c4ccccc4)c3n2)cc1. The maximum absolute atomic E-state index is 14.1. The molecule has 30 heavy (non-hydrogen) atoms. The monoisotopic (exact) mass is 409 g/mol. The molecular formula is C23H18F3N3O. The number of hydrogen-bond acceptors (Lipinski definition) is 3. The van der Waals surface area contributed by atoms with E-state index < -0.39 is 11.7 Å². The van der Waals surface area contributed by atoms with Gasteiger partial charge in [0, 0.05) is 11.5 Å². The Morgan fingerprint density at radius 2 is 1.70 bits per heavy atom. The van der Waals surface area contributed by atoms with Gasteiger partial charge in [0.1, 0.15) is 5.75 Å². The number of methoxy groups -OCH3 is 1. The van der Waals surface area contributed by atoms with Gasteiger partial charge in [0.15, 0.2) is 5.65 Å². The molecule has 0 N–H and O–H groups in total. The predicted molar refractivity (Wildman–Crippen MR) is 108 cm³/mol.